The molecule has 2 aromatic heterocycles. The summed E-state index contributed by atoms with van der Waals surface area (Å²) >= 11 is 0. The summed E-state index contributed by atoms with van der Waals surface area (Å²) in [4.78, 5) is 23.9. The molecule has 0 aliphatic carbocycles. The van der Waals surface area contributed by atoms with E-state index in [1.807, 2.05) is 24.3 Å². The van der Waals surface area contributed by atoms with Crippen molar-refractivity contribution >= 4 is 17.8 Å². The van der Waals surface area contributed by atoms with E-state index in [1.54, 1.807) is 49.1 Å². The summed E-state index contributed by atoms with van der Waals surface area (Å²) in [5.41, 5.74) is 7.01. The summed E-state index contributed by atoms with van der Waals surface area (Å²) in [6, 6.07) is 14.5. The second-order valence-electron chi connectivity index (χ2n) is 5.24. The molecule has 130 valence electrons. The van der Waals surface area contributed by atoms with E-state index in [0.717, 1.165) is 5.56 Å². The number of hydrazine groups is 1. The van der Waals surface area contributed by atoms with Crippen molar-refractivity contribution in [1.29, 1.82) is 0 Å². The van der Waals surface area contributed by atoms with Gasteiger partial charge in [0.2, 0.25) is 0 Å². The molecule has 0 radical (unpaired) electrons. The van der Waals surface area contributed by atoms with Gasteiger partial charge in [-0.25, -0.2) is 5.43 Å². The molecule has 0 fully saturated rings. The molecule has 1 aromatic carbocycles. The number of carbonyl (C=O) groups excluding carboxylic acids is 1. The number of ether oxygens (including phenoxy) is 1. The van der Waals surface area contributed by atoms with Crippen molar-refractivity contribution in [2.75, 3.05) is 0 Å². The Bertz CT molecular complexity index is 869. The van der Waals surface area contributed by atoms with Gasteiger partial charge in [-0.05, 0) is 42.0 Å². The molecule has 0 saturated heterocycles. The highest BCUT2D eigenvalue weighted by Crippen LogP contribution is 2.24. The fourth-order valence-corrected chi connectivity index (χ4v) is 2.07. The number of carbonyl (C=O) groups is 1. The van der Waals surface area contributed by atoms with Gasteiger partial charge in [-0.15, -0.1) is 0 Å². The molecule has 3 aromatic rings. The topological polar surface area (TPSA) is 88.5 Å². The molecule has 0 aliphatic rings. The Morgan fingerprint density at radius 2 is 1.88 bits per heavy atom. The van der Waals surface area contributed by atoms with Crippen molar-refractivity contribution in [1.82, 2.24) is 20.8 Å². The predicted octanol–water partition coefficient (Wildman–Crippen LogP) is 2.79. The van der Waals surface area contributed by atoms with E-state index >= 15 is 0 Å². The van der Waals surface area contributed by atoms with Gasteiger partial charge >= 0.3 is 0 Å². The smallest absolute Gasteiger partial charge is 0.276 e. The molecule has 1 amide bonds. The summed E-state index contributed by atoms with van der Waals surface area (Å²) in [5, 5.41) is 0. The number of pyridine rings is 2. The maximum Gasteiger partial charge on any atom is 0.276 e. The van der Waals surface area contributed by atoms with Gasteiger partial charge in [-0.3, -0.25) is 25.2 Å². The Morgan fingerprint density at radius 1 is 1.04 bits per heavy atom. The lowest BCUT2D eigenvalue weighted by molar-refractivity contribution is -0.115. The summed E-state index contributed by atoms with van der Waals surface area (Å²) in [5.74, 6) is 0.896. The summed E-state index contributed by atoms with van der Waals surface area (Å²) in [6.07, 6.45) is 7.90. The number of amides is 1. The molecule has 26 heavy (non-hydrogen) atoms. The minimum absolute atomic E-state index is 0.349. The number of benzene rings is 1. The Balaban J connectivity index is 1.51. The van der Waals surface area contributed by atoms with Crippen LogP contribution in [-0.4, -0.2) is 22.1 Å². The number of rotatable bonds is 7. The van der Waals surface area contributed by atoms with Crippen LogP contribution in [0.25, 0.3) is 0 Å². The van der Waals surface area contributed by atoms with Crippen molar-refractivity contribution in [2.45, 2.75) is 6.54 Å². The van der Waals surface area contributed by atoms with Crippen LogP contribution in [-0.2, 0) is 11.3 Å². The van der Waals surface area contributed by atoms with E-state index in [4.69, 9.17) is 4.74 Å². The van der Waals surface area contributed by atoms with Crippen LogP contribution in [0.5, 0.6) is 11.5 Å². The standard InChI is InChI=1S/C19H17N5O2/c25-19(24-23-12-15-6-9-20-10-7-15)14-22-16-3-1-4-17(11-16)26-18-5-2-8-21-13-18/h1-11,13-14,23H,12H2,(H,24,25). The second kappa shape index (κ2) is 9.05. The Labute approximate surface area is 150 Å². The number of aliphatic imine (C=N–C) groups is 1. The molecule has 0 unspecified atom stereocenters. The molecule has 0 bridgehead atoms. The van der Waals surface area contributed by atoms with Crippen molar-refractivity contribution in [3.63, 3.8) is 0 Å². The lowest BCUT2D eigenvalue weighted by atomic mass is 10.3. The quantitative estimate of drug-likeness (QED) is 0.507. The maximum absolute atomic E-state index is 11.8. The van der Waals surface area contributed by atoms with Gasteiger partial charge < -0.3 is 4.74 Å². The van der Waals surface area contributed by atoms with Gasteiger partial charge in [0, 0.05) is 31.2 Å². The first-order chi connectivity index (χ1) is 12.8. The number of nitrogens with zero attached hydrogens (tertiary/aromatic N) is 3. The number of nitrogens with one attached hydrogen (secondary N) is 2. The van der Waals surface area contributed by atoms with Crippen LogP contribution in [0, 0.1) is 0 Å². The third kappa shape index (κ3) is 5.50. The largest absolute Gasteiger partial charge is 0.456 e. The van der Waals surface area contributed by atoms with Crippen molar-refractivity contribution in [2.24, 2.45) is 4.99 Å². The fraction of sp³-hybridized carbons (Fsp3) is 0.0526. The number of aromatic nitrogens is 2. The second-order valence-corrected chi connectivity index (χ2v) is 5.24. The normalized spacial score (nSPS) is 10.6. The highest BCUT2D eigenvalue weighted by molar-refractivity contribution is 6.26. The number of hydrogen-bond acceptors (Lipinski definition) is 6. The molecular formula is C19H17N5O2. The van der Waals surface area contributed by atoms with Crippen molar-refractivity contribution < 1.29 is 9.53 Å². The molecule has 0 saturated carbocycles. The zero-order valence-corrected chi connectivity index (χ0v) is 13.9. The third-order valence-corrected chi connectivity index (χ3v) is 3.27. The first-order valence-corrected chi connectivity index (χ1v) is 7.93. The molecule has 0 atom stereocenters. The maximum atomic E-state index is 11.8. The minimum Gasteiger partial charge on any atom is -0.456 e. The van der Waals surface area contributed by atoms with Crippen LogP contribution in [0.15, 0.2) is 78.3 Å². The predicted molar refractivity (Wildman–Crippen MR) is 98.1 cm³/mol. The summed E-state index contributed by atoms with van der Waals surface area (Å²) in [6.45, 7) is 0.497. The molecule has 2 heterocycles. The average molecular weight is 347 g/mol. The van der Waals surface area contributed by atoms with Crippen LogP contribution in [0.1, 0.15) is 5.56 Å². The molecule has 7 heteroatoms. The fourth-order valence-electron chi connectivity index (χ4n) is 2.07. The van der Waals surface area contributed by atoms with Crippen molar-refractivity contribution in [3.05, 3.63) is 78.9 Å². The third-order valence-electron chi connectivity index (χ3n) is 3.27. The van der Waals surface area contributed by atoms with E-state index in [-0.39, 0.29) is 5.91 Å². The van der Waals surface area contributed by atoms with Gasteiger partial charge in [0.25, 0.3) is 5.91 Å². The zero-order valence-electron chi connectivity index (χ0n) is 13.9. The summed E-state index contributed by atoms with van der Waals surface area (Å²) < 4.78 is 5.69. The monoisotopic (exact) mass is 347 g/mol. The highest BCUT2D eigenvalue weighted by Gasteiger charge is 2.00. The lowest BCUT2D eigenvalue weighted by Gasteiger charge is -2.05. The highest BCUT2D eigenvalue weighted by atomic mass is 16.5. The Kier molecular flexibility index (Phi) is 6.00. The van der Waals surface area contributed by atoms with E-state index in [2.05, 4.69) is 25.8 Å². The first kappa shape index (κ1) is 17.2. The molecule has 0 aliphatic heterocycles. The van der Waals surface area contributed by atoms with E-state index in [1.165, 1.54) is 6.21 Å². The summed E-state index contributed by atoms with van der Waals surface area (Å²) in [7, 11) is 0. The molecular weight excluding hydrogens is 330 g/mol. The van der Waals surface area contributed by atoms with Gasteiger partial charge in [0.1, 0.15) is 11.5 Å². The van der Waals surface area contributed by atoms with E-state index in [9.17, 15) is 4.79 Å². The first-order valence-electron chi connectivity index (χ1n) is 7.93. The van der Waals surface area contributed by atoms with E-state index in [0.29, 0.717) is 23.7 Å². The number of hydrogen-bond donors (Lipinski definition) is 2. The zero-order chi connectivity index (χ0) is 18.0. The molecule has 0 spiro atoms. The molecule has 3 rings (SSSR count). The van der Waals surface area contributed by atoms with E-state index < -0.39 is 0 Å². The SMILES string of the molecule is O=C(C=Nc1cccc(Oc2cccnc2)c1)NNCc1ccncc1. The minimum atomic E-state index is -0.349. The van der Waals surface area contributed by atoms with Gasteiger partial charge in [-0.2, -0.15) is 0 Å². The van der Waals surface area contributed by atoms with Crippen molar-refractivity contribution in [3.8, 4) is 11.5 Å². The van der Waals surface area contributed by atoms with Crippen LogP contribution in [0.2, 0.25) is 0 Å². The average Bonchev–Trinajstić information content (AvgIpc) is 2.68. The Hall–Kier alpha value is -3.58. The van der Waals surface area contributed by atoms with Crippen LogP contribution in [0.3, 0.4) is 0 Å². The van der Waals surface area contributed by atoms with Crippen LogP contribution >= 0.6 is 0 Å². The molecule has 7 nitrogen and oxygen atoms in total. The van der Waals surface area contributed by atoms with Gasteiger partial charge in [0.05, 0.1) is 18.1 Å². The molecule has 2 N–H and O–H groups in total. The van der Waals surface area contributed by atoms with Crippen LogP contribution in [0.4, 0.5) is 5.69 Å². The Morgan fingerprint density at radius 3 is 2.69 bits per heavy atom. The van der Waals surface area contributed by atoms with Gasteiger partial charge in [0.15, 0.2) is 0 Å². The van der Waals surface area contributed by atoms with Crippen LogP contribution < -0.4 is 15.6 Å². The van der Waals surface area contributed by atoms with Gasteiger partial charge in [-0.1, -0.05) is 6.07 Å². The lowest BCUT2D eigenvalue weighted by Crippen LogP contribution is -2.37.